The summed E-state index contributed by atoms with van der Waals surface area (Å²) in [6.45, 7) is 2.92. The van der Waals surface area contributed by atoms with Crippen LogP contribution in [0.3, 0.4) is 0 Å². The van der Waals surface area contributed by atoms with Crippen molar-refractivity contribution in [3.8, 4) is 0 Å². The Morgan fingerprint density at radius 3 is 1.83 bits per heavy atom. The second-order valence-electron chi connectivity index (χ2n) is 12.0. The van der Waals surface area contributed by atoms with E-state index in [9.17, 15) is 50.1 Å². The molecule has 9 N–H and O–H groups in total. The van der Waals surface area contributed by atoms with Crippen LogP contribution in [0.15, 0.2) is 0 Å². The highest BCUT2D eigenvalue weighted by Gasteiger charge is 2.44. The van der Waals surface area contributed by atoms with Gasteiger partial charge in [-0.15, -0.1) is 0 Å². The van der Waals surface area contributed by atoms with E-state index in [1.165, 1.54) is 6.92 Å². The van der Waals surface area contributed by atoms with Crippen LogP contribution in [-0.2, 0) is 33.3 Å². The number of Topliss-reactive ketones (excluding diaryl/α,β-unsaturated/α-hetero) is 1. The van der Waals surface area contributed by atoms with E-state index < -0.39 is 80.5 Å². The van der Waals surface area contributed by atoms with Crippen molar-refractivity contribution in [3.63, 3.8) is 0 Å². The van der Waals surface area contributed by atoms with E-state index in [2.05, 4.69) is 10.6 Å². The Morgan fingerprint density at radius 1 is 0.696 bits per heavy atom. The first-order valence-corrected chi connectivity index (χ1v) is 16.1. The lowest BCUT2D eigenvalue weighted by Gasteiger charge is -2.40. The van der Waals surface area contributed by atoms with E-state index in [1.807, 2.05) is 0 Å². The molecule has 2 rings (SSSR count). The van der Waals surface area contributed by atoms with Crippen LogP contribution in [0.5, 0.6) is 0 Å². The first-order chi connectivity index (χ1) is 21.9. The molecule has 0 aliphatic carbocycles. The SMILES string of the molecule is CC(=O)[C@@H](CCCCNC(=O)CCCCOC1OC(CO)C(O)C(O)C1C)NC(=O)CCCCOC1OC(CO)C(O)C(O)C1O. The van der Waals surface area contributed by atoms with Crippen molar-refractivity contribution in [2.75, 3.05) is 33.0 Å². The summed E-state index contributed by atoms with van der Waals surface area (Å²) in [6, 6.07) is -0.638. The normalized spacial score (nSPS) is 32.1. The molecule has 11 atom stereocenters. The van der Waals surface area contributed by atoms with Gasteiger partial charge >= 0.3 is 0 Å². The smallest absolute Gasteiger partial charge is 0.220 e. The predicted octanol–water partition coefficient (Wildman–Crippen LogP) is -2.40. The van der Waals surface area contributed by atoms with Crippen LogP contribution in [0.1, 0.15) is 71.6 Å². The Morgan fingerprint density at radius 2 is 1.24 bits per heavy atom. The number of nitrogens with one attached hydrogen (secondary N) is 2. The summed E-state index contributed by atoms with van der Waals surface area (Å²) in [4.78, 5) is 36.5. The third kappa shape index (κ3) is 13.0. The number of aliphatic hydroxyl groups is 7. The van der Waals surface area contributed by atoms with Crippen LogP contribution in [0.4, 0.5) is 0 Å². The number of unbranched alkanes of at least 4 members (excludes halogenated alkanes) is 3. The van der Waals surface area contributed by atoms with Gasteiger partial charge in [-0.2, -0.15) is 0 Å². The minimum absolute atomic E-state index is 0.100. The first kappa shape index (κ1) is 40.3. The Labute approximate surface area is 269 Å². The summed E-state index contributed by atoms with van der Waals surface area (Å²) in [6.07, 6.45) is -6.60. The van der Waals surface area contributed by atoms with Crippen LogP contribution < -0.4 is 10.6 Å². The molecule has 16 heteroatoms. The molecule has 2 amide bonds. The molecule has 2 saturated heterocycles. The molecule has 2 aliphatic heterocycles. The van der Waals surface area contributed by atoms with Gasteiger partial charge in [-0.1, -0.05) is 6.92 Å². The molecule has 2 aliphatic rings. The van der Waals surface area contributed by atoms with Gasteiger partial charge < -0.3 is 65.3 Å². The number of hydrogen-bond acceptors (Lipinski definition) is 14. The highest BCUT2D eigenvalue weighted by molar-refractivity contribution is 5.87. The maximum atomic E-state index is 12.4. The molecule has 0 saturated carbocycles. The molecule has 0 bridgehead atoms. The van der Waals surface area contributed by atoms with E-state index in [-0.39, 0.29) is 37.2 Å². The molecule has 0 spiro atoms. The molecular formula is C30H54N2O14. The quantitative estimate of drug-likeness (QED) is 0.0579. The second-order valence-corrected chi connectivity index (χ2v) is 12.0. The van der Waals surface area contributed by atoms with Crippen molar-refractivity contribution >= 4 is 17.6 Å². The van der Waals surface area contributed by atoms with Crippen LogP contribution in [0.25, 0.3) is 0 Å². The summed E-state index contributed by atoms with van der Waals surface area (Å²) in [7, 11) is 0. The second kappa shape index (κ2) is 21.2. The number of ketones is 1. The molecule has 0 aromatic rings. The first-order valence-electron chi connectivity index (χ1n) is 16.1. The number of carbonyl (C=O) groups excluding carboxylic acids is 3. The lowest BCUT2D eigenvalue weighted by atomic mass is 9.92. The fraction of sp³-hybridized carbons (Fsp3) is 0.900. The summed E-state index contributed by atoms with van der Waals surface area (Å²) in [5.74, 6) is -1.06. The maximum absolute atomic E-state index is 12.4. The standard InChI is InChI=1S/C30H54N2O14/c1-17-24(38)25(39)20(15-33)45-29(17)43-13-7-4-10-22(36)31-12-6-3-9-19(18(2)35)32-23(37)11-5-8-14-44-30-28(42)27(41)26(40)21(16-34)46-30/h17,19-21,24-30,33-34,38-42H,3-16H2,1-2H3,(H,31,36)(H,32,37)/t17?,19-,20?,21?,24?,25?,26?,27?,28?,29?,30?/m1/s1. The molecule has 268 valence electrons. The van der Waals surface area contributed by atoms with Gasteiger partial charge in [0.1, 0.15) is 36.6 Å². The Kier molecular flexibility index (Phi) is 18.6. The van der Waals surface area contributed by atoms with Crippen molar-refractivity contribution in [1.29, 1.82) is 0 Å². The average Bonchev–Trinajstić information content (AvgIpc) is 3.03. The third-order valence-electron chi connectivity index (χ3n) is 8.26. The van der Waals surface area contributed by atoms with Crippen molar-refractivity contribution in [2.24, 2.45) is 5.92 Å². The molecular weight excluding hydrogens is 612 g/mol. The van der Waals surface area contributed by atoms with E-state index in [0.717, 1.165) is 0 Å². The average molecular weight is 667 g/mol. The molecule has 0 aromatic carbocycles. The fourth-order valence-electron chi connectivity index (χ4n) is 5.22. The number of carbonyl (C=O) groups is 3. The van der Waals surface area contributed by atoms with Crippen LogP contribution >= 0.6 is 0 Å². The largest absolute Gasteiger partial charge is 0.394 e. The minimum Gasteiger partial charge on any atom is -0.394 e. The number of hydrogen-bond donors (Lipinski definition) is 9. The Bertz CT molecular complexity index is 909. The number of rotatable bonds is 21. The van der Waals surface area contributed by atoms with E-state index in [1.54, 1.807) is 6.92 Å². The minimum atomic E-state index is -1.53. The molecule has 0 aromatic heterocycles. The van der Waals surface area contributed by atoms with Gasteiger partial charge in [0, 0.05) is 38.5 Å². The van der Waals surface area contributed by atoms with Gasteiger partial charge in [0.2, 0.25) is 11.8 Å². The predicted molar refractivity (Wildman–Crippen MR) is 160 cm³/mol. The molecule has 16 nitrogen and oxygen atoms in total. The van der Waals surface area contributed by atoms with E-state index in [4.69, 9.17) is 18.9 Å². The zero-order valence-corrected chi connectivity index (χ0v) is 26.7. The summed E-state index contributed by atoms with van der Waals surface area (Å²) in [5.41, 5.74) is 0. The van der Waals surface area contributed by atoms with Gasteiger partial charge in [0.25, 0.3) is 0 Å². The lowest BCUT2D eigenvalue weighted by Crippen LogP contribution is -2.59. The molecule has 46 heavy (non-hydrogen) atoms. The van der Waals surface area contributed by atoms with Gasteiger partial charge in [-0.3, -0.25) is 14.4 Å². The van der Waals surface area contributed by atoms with Crippen molar-refractivity contribution in [3.05, 3.63) is 0 Å². The van der Waals surface area contributed by atoms with E-state index in [0.29, 0.717) is 57.9 Å². The summed E-state index contributed by atoms with van der Waals surface area (Å²) >= 11 is 0. The maximum Gasteiger partial charge on any atom is 0.220 e. The Balaban J connectivity index is 1.52. The van der Waals surface area contributed by atoms with Crippen molar-refractivity contribution < 1.29 is 69.1 Å². The Hall–Kier alpha value is -1.83. The van der Waals surface area contributed by atoms with Crippen molar-refractivity contribution in [2.45, 2.75) is 133 Å². The van der Waals surface area contributed by atoms with Gasteiger partial charge in [0.15, 0.2) is 18.4 Å². The van der Waals surface area contributed by atoms with Gasteiger partial charge in [-0.25, -0.2) is 0 Å². The molecule has 10 unspecified atom stereocenters. The van der Waals surface area contributed by atoms with Gasteiger partial charge in [0.05, 0.1) is 25.4 Å². The zero-order valence-electron chi connectivity index (χ0n) is 26.7. The number of aliphatic hydroxyl groups excluding tert-OH is 7. The molecule has 2 heterocycles. The van der Waals surface area contributed by atoms with Crippen LogP contribution in [-0.4, -0.2) is 148 Å². The van der Waals surface area contributed by atoms with Gasteiger partial charge in [-0.05, 0) is 51.9 Å². The number of amides is 2. The van der Waals surface area contributed by atoms with Crippen LogP contribution in [0.2, 0.25) is 0 Å². The zero-order chi connectivity index (χ0) is 34.2. The highest BCUT2D eigenvalue weighted by atomic mass is 16.7. The van der Waals surface area contributed by atoms with Crippen molar-refractivity contribution in [1.82, 2.24) is 10.6 Å². The fourth-order valence-corrected chi connectivity index (χ4v) is 5.22. The highest BCUT2D eigenvalue weighted by Crippen LogP contribution is 2.27. The molecule has 2 fully saturated rings. The monoisotopic (exact) mass is 666 g/mol. The third-order valence-corrected chi connectivity index (χ3v) is 8.26. The summed E-state index contributed by atoms with van der Waals surface area (Å²) in [5, 5.41) is 73.7. The van der Waals surface area contributed by atoms with Crippen LogP contribution in [0, 0.1) is 5.92 Å². The van der Waals surface area contributed by atoms with E-state index >= 15 is 0 Å². The summed E-state index contributed by atoms with van der Waals surface area (Å²) < 4.78 is 21.8. The molecule has 0 radical (unpaired) electrons. The lowest BCUT2D eigenvalue weighted by molar-refractivity contribution is -0.301. The number of ether oxygens (including phenoxy) is 4. The topological polar surface area (TPSA) is 254 Å².